The molecule has 2 aliphatic heterocycles. The molecule has 0 aromatic heterocycles. The first-order valence-corrected chi connectivity index (χ1v) is 19.3. The third-order valence-corrected chi connectivity index (χ3v) is 12.5. The van der Waals surface area contributed by atoms with Crippen molar-refractivity contribution in [2.75, 3.05) is 53.6 Å². The second-order valence-electron chi connectivity index (χ2n) is 15.5. The fourth-order valence-corrected chi connectivity index (χ4v) is 9.70. The zero-order chi connectivity index (χ0) is 31.6. The first-order chi connectivity index (χ1) is 22.6. The molecule has 0 amide bonds. The predicted octanol–water partition coefficient (Wildman–Crippen LogP) is 6.91. The molecule has 1 aromatic carbocycles. The monoisotopic (exact) mass is 639 g/mol. The van der Waals surface area contributed by atoms with Crippen molar-refractivity contribution in [1.82, 2.24) is 15.5 Å². The van der Waals surface area contributed by atoms with E-state index < -0.39 is 0 Å². The standard InChI is InChI=1S/C39H65N3O4/c1-43-37-19-17-30(25-38(37)44-2)16-18-36-32-13-10-15-34(26-32)45-24-22-41-39(20-7-8-21-39)29-40-35(31-11-4-3-5-12-31)27-42-23-9-6-14-33(42)28-46-36/h17,19,25,31-36,40-41H,3-16,18,20-24,26-29H2,1-2H3/t32?,33-,34?,35-,36+/m0/s1. The van der Waals surface area contributed by atoms with Gasteiger partial charge in [-0.2, -0.15) is 0 Å². The van der Waals surface area contributed by atoms with Crippen molar-refractivity contribution in [3.63, 3.8) is 0 Å². The van der Waals surface area contributed by atoms with Crippen LogP contribution in [0.5, 0.6) is 11.5 Å². The summed E-state index contributed by atoms with van der Waals surface area (Å²) < 4.78 is 24.9. The largest absolute Gasteiger partial charge is 0.493 e. The van der Waals surface area contributed by atoms with E-state index in [-0.39, 0.29) is 11.6 Å². The minimum Gasteiger partial charge on any atom is -0.493 e. The maximum atomic E-state index is 7.12. The smallest absolute Gasteiger partial charge is 0.160 e. The number of methoxy groups -OCH3 is 2. The Morgan fingerprint density at radius 3 is 2.48 bits per heavy atom. The van der Waals surface area contributed by atoms with Crippen molar-refractivity contribution in [2.45, 2.75) is 145 Å². The molecular formula is C39H65N3O4. The lowest BCUT2D eigenvalue weighted by atomic mass is 9.81. The number of ether oxygens (including phenoxy) is 4. The summed E-state index contributed by atoms with van der Waals surface area (Å²) in [6, 6.07) is 7.48. The second kappa shape index (κ2) is 17.3. The van der Waals surface area contributed by atoms with Crippen LogP contribution in [0.2, 0.25) is 0 Å². The van der Waals surface area contributed by atoms with E-state index in [1.54, 1.807) is 14.2 Å². The van der Waals surface area contributed by atoms with E-state index in [1.807, 2.05) is 6.07 Å². The van der Waals surface area contributed by atoms with Gasteiger partial charge in [0.15, 0.2) is 11.5 Å². The zero-order valence-electron chi connectivity index (χ0n) is 29.2. The molecule has 0 radical (unpaired) electrons. The molecular weight excluding hydrogens is 574 g/mol. The van der Waals surface area contributed by atoms with Gasteiger partial charge in [0.25, 0.3) is 0 Å². The van der Waals surface area contributed by atoms with Crippen LogP contribution in [-0.2, 0) is 15.9 Å². The van der Waals surface area contributed by atoms with E-state index in [0.717, 1.165) is 63.0 Å². The number of nitrogens with zero attached hydrogens (tertiary/aromatic N) is 1. The van der Waals surface area contributed by atoms with Crippen molar-refractivity contribution in [3.8, 4) is 11.5 Å². The van der Waals surface area contributed by atoms with Gasteiger partial charge in [-0.15, -0.1) is 0 Å². The summed E-state index contributed by atoms with van der Waals surface area (Å²) in [5.74, 6) is 2.96. The summed E-state index contributed by atoms with van der Waals surface area (Å²) in [6.45, 7) is 6.15. The van der Waals surface area contributed by atoms with Crippen molar-refractivity contribution in [2.24, 2.45) is 11.8 Å². The summed E-state index contributed by atoms with van der Waals surface area (Å²) in [4.78, 5) is 2.85. The highest BCUT2D eigenvalue weighted by molar-refractivity contribution is 5.42. The molecule has 2 N–H and O–H groups in total. The fourth-order valence-electron chi connectivity index (χ4n) is 9.70. The van der Waals surface area contributed by atoms with Crippen LogP contribution in [0.25, 0.3) is 0 Å². The fraction of sp³-hybridized carbons (Fsp3) is 0.846. The minimum atomic E-state index is 0.235. The number of aryl methyl sites for hydroxylation is 1. The molecule has 7 heteroatoms. The summed E-state index contributed by atoms with van der Waals surface area (Å²) >= 11 is 0. The first-order valence-electron chi connectivity index (χ1n) is 19.3. The molecule has 2 heterocycles. The van der Waals surface area contributed by atoms with Crippen LogP contribution in [0.1, 0.15) is 115 Å². The summed E-state index contributed by atoms with van der Waals surface area (Å²) in [5, 5.41) is 8.31. The number of hydrogen-bond donors (Lipinski definition) is 2. The molecule has 1 spiro atoms. The van der Waals surface area contributed by atoms with E-state index in [2.05, 4.69) is 27.7 Å². The van der Waals surface area contributed by atoms with E-state index in [9.17, 15) is 0 Å². The third kappa shape index (κ3) is 9.19. The summed E-state index contributed by atoms with van der Waals surface area (Å²) in [7, 11) is 3.43. The van der Waals surface area contributed by atoms with Crippen molar-refractivity contribution in [1.29, 1.82) is 0 Å². The molecule has 2 bridgehead atoms. The van der Waals surface area contributed by atoms with E-state index >= 15 is 0 Å². The molecule has 5 aliphatic rings. The lowest BCUT2D eigenvalue weighted by molar-refractivity contribution is -0.0647. The van der Waals surface area contributed by atoms with Gasteiger partial charge >= 0.3 is 0 Å². The Hall–Kier alpha value is -1.38. The first kappa shape index (κ1) is 34.5. The molecule has 6 rings (SSSR count). The van der Waals surface area contributed by atoms with Crippen LogP contribution in [0.4, 0.5) is 0 Å². The summed E-state index contributed by atoms with van der Waals surface area (Å²) in [6.07, 6.45) is 23.7. The van der Waals surface area contributed by atoms with E-state index in [4.69, 9.17) is 18.9 Å². The number of rotatable bonds is 6. The van der Waals surface area contributed by atoms with Crippen molar-refractivity contribution in [3.05, 3.63) is 23.8 Å². The van der Waals surface area contributed by atoms with Crippen LogP contribution in [0, 0.1) is 11.8 Å². The highest BCUT2D eigenvalue weighted by Crippen LogP contribution is 2.35. The van der Waals surface area contributed by atoms with Gasteiger partial charge in [0, 0.05) is 37.3 Å². The van der Waals surface area contributed by atoms with E-state index in [0.29, 0.717) is 24.1 Å². The van der Waals surface area contributed by atoms with Crippen LogP contribution in [0.15, 0.2) is 18.2 Å². The van der Waals surface area contributed by atoms with Gasteiger partial charge in [-0.1, -0.05) is 51.0 Å². The normalized spacial score (nSPS) is 32.4. The molecule has 1 aromatic rings. The van der Waals surface area contributed by atoms with Gasteiger partial charge in [0.1, 0.15) is 0 Å². The van der Waals surface area contributed by atoms with Gasteiger partial charge < -0.3 is 29.6 Å². The van der Waals surface area contributed by atoms with Gasteiger partial charge in [0.2, 0.25) is 0 Å². The Balaban J connectivity index is 1.20. The SMILES string of the molecule is COc1ccc(CC[C@H]2OC[C@@H]3CCCCN3C[C@@H](C3CCCCC3)NCC3(CCCC3)NCCOC3CCCC2C3)cc1OC. The number of nitrogens with one attached hydrogen (secondary N) is 2. The minimum absolute atomic E-state index is 0.235. The molecule has 5 atom stereocenters. The van der Waals surface area contributed by atoms with Crippen LogP contribution < -0.4 is 20.1 Å². The number of benzene rings is 1. The maximum Gasteiger partial charge on any atom is 0.160 e. The average molecular weight is 640 g/mol. The van der Waals surface area contributed by atoms with Crippen molar-refractivity contribution < 1.29 is 18.9 Å². The molecule has 5 fully saturated rings. The van der Waals surface area contributed by atoms with Gasteiger partial charge in [-0.3, -0.25) is 4.90 Å². The number of hydrogen-bond acceptors (Lipinski definition) is 7. The van der Waals surface area contributed by atoms with E-state index in [1.165, 1.54) is 115 Å². The summed E-state index contributed by atoms with van der Waals surface area (Å²) in [5.41, 5.74) is 1.53. The Morgan fingerprint density at radius 1 is 0.848 bits per heavy atom. The average Bonchev–Trinajstić information content (AvgIpc) is 3.58. The molecule has 46 heavy (non-hydrogen) atoms. The molecule has 7 nitrogen and oxygen atoms in total. The van der Waals surface area contributed by atoms with Crippen LogP contribution in [0.3, 0.4) is 0 Å². The van der Waals surface area contributed by atoms with Gasteiger partial charge in [-0.05, 0) is 107 Å². The number of piperidine rings is 1. The van der Waals surface area contributed by atoms with Gasteiger partial charge in [-0.25, -0.2) is 0 Å². The molecule has 2 saturated heterocycles. The Kier molecular flexibility index (Phi) is 13.0. The Morgan fingerprint density at radius 2 is 1.65 bits per heavy atom. The Labute approximate surface area is 280 Å². The van der Waals surface area contributed by atoms with Gasteiger partial charge in [0.05, 0.1) is 39.6 Å². The lowest BCUT2D eigenvalue weighted by Gasteiger charge is -2.43. The number of fused-ring (bicyclic) bond motifs is 3. The third-order valence-electron chi connectivity index (χ3n) is 12.5. The molecule has 2 unspecified atom stereocenters. The van der Waals surface area contributed by atoms with Crippen LogP contribution >= 0.6 is 0 Å². The molecule has 3 saturated carbocycles. The van der Waals surface area contributed by atoms with Crippen molar-refractivity contribution >= 4 is 0 Å². The lowest BCUT2D eigenvalue weighted by Crippen LogP contribution is -2.57. The zero-order valence-corrected chi connectivity index (χ0v) is 29.2. The van der Waals surface area contributed by atoms with Crippen LogP contribution in [-0.4, -0.2) is 88.3 Å². The highest BCUT2D eigenvalue weighted by Gasteiger charge is 2.37. The molecule has 260 valence electrons. The Bertz CT molecular complexity index is 1040. The topological polar surface area (TPSA) is 64.2 Å². The highest BCUT2D eigenvalue weighted by atomic mass is 16.5. The maximum absolute atomic E-state index is 7.12. The second-order valence-corrected chi connectivity index (χ2v) is 15.5. The predicted molar refractivity (Wildman–Crippen MR) is 186 cm³/mol. The molecule has 3 aliphatic carbocycles. The quantitative estimate of drug-likeness (QED) is 0.351.